The molecule has 0 aliphatic heterocycles. The quantitative estimate of drug-likeness (QED) is 0.350. The van der Waals surface area contributed by atoms with Gasteiger partial charge in [-0.1, -0.05) is 65.7 Å². The maximum atomic E-state index is 14.4. The van der Waals surface area contributed by atoms with Crippen LogP contribution in [0.25, 0.3) is 0 Å². The molecule has 0 aliphatic rings. The number of rotatable bonds is 12. The number of carbonyl (C=O) groups excluding carboxylic acids is 1. The first kappa shape index (κ1) is 27.8. The molecule has 188 valence electrons. The zero-order valence-corrected chi connectivity index (χ0v) is 22.0. The number of Topliss-reactive ketones (excluding diaryl/α,β-unsaturated/α-hetero) is 1. The number of halogens is 1. The van der Waals surface area contributed by atoms with Gasteiger partial charge in [0.2, 0.25) is 10.0 Å². The summed E-state index contributed by atoms with van der Waals surface area (Å²) in [6.45, 7) is 11.0. The van der Waals surface area contributed by atoms with Crippen LogP contribution >= 0.6 is 0 Å². The van der Waals surface area contributed by atoms with Gasteiger partial charge in [0.1, 0.15) is 17.3 Å². The lowest BCUT2D eigenvalue weighted by molar-refractivity contribution is -0.120. The van der Waals surface area contributed by atoms with Crippen LogP contribution in [0.4, 0.5) is 10.1 Å². The first-order valence-electron chi connectivity index (χ1n) is 11.9. The van der Waals surface area contributed by atoms with Gasteiger partial charge in [0.15, 0.2) is 0 Å². The van der Waals surface area contributed by atoms with E-state index in [0.29, 0.717) is 25.0 Å². The largest absolute Gasteiger partial charge is 0.493 e. The Kier molecular flexibility index (Phi) is 9.68. The second kappa shape index (κ2) is 11.8. The number of aryl methyl sites for hydroxylation is 1. The minimum absolute atomic E-state index is 0.00735. The van der Waals surface area contributed by atoms with Crippen LogP contribution in [0.2, 0.25) is 0 Å². The molecule has 0 saturated carbocycles. The van der Waals surface area contributed by atoms with Gasteiger partial charge in [-0.3, -0.25) is 9.52 Å². The molecule has 0 bridgehead atoms. The Morgan fingerprint density at radius 2 is 1.82 bits per heavy atom. The van der Waals surface area contributed by atoms with Gasteiger partial charge >= 0.3 is 0 Å². The Morgan fingerprint density at radius 3 is 2.41 bits per heavy atom. The van der Waals surface area contributed by atoms with Crippen LogP contribution in [-0.4, -0.2) is 27.1 Å². The van der Waals surface area contributed by atoms with E-state index >= 15 is 0 Å². The van der Waals surface area contributed by atoms with Gasteiger partial charge in [0.05, 0.1) is 18.6 Å². The van der Waals surface area contributed by atoms with Crippen LogP contribution in [0.5, 0.6) is 5.75 Å². The number of ether oxygens (including phenoxy) is 1. The van der Waals surface area contributed by atoms with Gasteiger partial charge in [-0.25, -0.2) is 12.8 Å². The molecule has 0 fully saturated rings. The highest BCUT2D eigenvalue weighted by Crippen LogP contribution is 2.31. The number of hydrogen-bond acceptors (Lipinski definition) is 4. The molecule has 34 heavy (non-hydrogen) atoms. The molecular weight excluding hydrogens is 453 g/mol. The number of unbranched alkanes of at least 4 members (excludes halogenated alkanes) is 2. The Bertz CT molecular complexity index is 1090. The molecule has 0 amide bonds. The normalized spacial score (nSPS) is 12.9. The predicted molar refractivity (Wildman–Crippen MR) is 137 cm³/mol. The standard InChI is InChI=1S/C27H38FNO4S/c1-7-8-9-16-33-26-18-22(27(3,4)5)13-10-20(26)12-15-25(30)19(2)21-11-14-24(23(28)17-21)29-34(6,31)32/h10-11,13-14,17-19,29H,7-9,12,15-16H2,1-6H3. The lowest BCUT2D eigenvalue weighted by Crippen LogP contribution is -2.14. The highest BCUT2D eigenvalue weighted by atomic mass is 32.2. The summed E-state index contributed by atoms with van der Waals surface area (Å²) < 4.78 is 45.3. The molecule has 0 aromatic heterocycles. The molecule has 1 N–H and O–H groups in total. The van der Waals surface area contributed by atoms with Crippen molar-refractivity contribution in [2.45, 2.75) is 78.1 Å². The number of nitrogens with one attached hydrogen (secondary N) is 1. The van der Waals surface area contributed by atoms with Crippen LogP contribution in [0, 0.1) is 5.82 Å². The van der Waals surface area contributed by atoms with E-state index in [0.717, 1.165) is 36.8 Å². The van der Waals surface area contributed by atoms with E-state index in [4.69, 9.17) is 4.74 Å². The molecule has 1 unspecified atom stereocenters. The zero-order valence-electron chi connectivity index (χ0n) is 21.2. The van der Waals surface area contributed by atoms with Crippen LogP contribution in [0.15, 0.2) is 36.4 Å². The van der Waals surface area contributed by atoms with E-state index in [-0.39, 0.29) is 16.9 Å². The summed E-state index contributed by atoms with van der Waals surface area (Å²) in [6.07, 6.45) is 5.01. The van der Waals surface area contributed by atoms with E-state index in [2.05, 4.69) is 44.5 Å². The number of anilines is 1. The van der Waals surface area contributed by atoms with Crippen molar-refractivity contribution in [1.82, 2.24) is 0 Å². The van der Waals surface area contributed by atoms with Crippen LogP contribution < -0.4 is 9.46 Å². The molecule has 5 nitrogen and oxygen atoms in total. The molecule has 0 spiro atoms. The summed E-state index contributed by atoms with van der Waals surface area (Å²) >= 11 is 0. The van der Waals surface area contributed by atoms with Crippen molar-refractivity contribution >= 4 is 21.5 Å². The van der Waals surface area contributed by atoms with Crippen LogP contribution in [0.1, 0.15) is 82.9 Å². The van der Waals surface area contributed by atoms with Gasteiger partial charge in [-0.05, 0) is 53.1 Å². The minimum atomic E-state index is -3.58. The molecule has 2 rings (SSSR count). The van der Waals surface area contributed by atoms with Crippen LogP contribution in [-0.2, 0) is 26.7 Å². The van der Waals surface area contributed by atoms with Gasteiger partial charge in [-0.2, -0.15) is 0 Å². The smallest absolute Gasteiger partial charge is 0.229 e. The Balaban J connectivity index is 2.12. The minimum Gasteiger partial charge on any atom is -0.493 e. The first-order chi connectivity index (χ1) is 15.8. The maximum Gasteiger partial charge on any atom is 0.229 e. The summed E-state index contributed by atoms with van der Waals surface area (Å²) in [6, 6.07) is 10.4. The molecule has 7 heteroatoms. The number of ketones is 1. The van der Waals surface area contributed by atoms with Crippen molar-refractivity contribution < 1.29 is 22.3 Å². The monoisotopic (exact) mass is 491 g/mol. The van der Waals surface area contributed by atoms with Gasteiger partial charge in [0.25, 0.3) is 0 Å². The van der Waals surface area contributed by atoms with E-state index in [9.17, 15) is 17.6 Å². The average molecular weight is 492 g/mol. The topological polar surface area (TPSA) is 72.5 Å². The van der Waals surface area contributed by atoms with E-state index in [1.807, 2.05) is 6.07 Å². The lowest BCUT2D eigenvalue weighted by atomic mass is 9.85. The van der Waals surface area contributed by atoms with Crippen molar-refractivity contribution in [3.63, 3.8) is 0 Å². The average Bonchev–Trinajstić information content (AvgIpc) is 2.74. The Hall–Kier alpha value is -2.41. The first-order valence-corrected chi connectivity index (χ1v) is 13.8. The summed E-state index contributed by atoms with van der Waals surface area (Å²) in [5.41, 5.74) is 2.55. The van der Waals surface area contributed by atoms with Gasteiger partial charge < -0.3 is 4.74 Å². The molecule has 0 saturated heterocycles. The third-order valence-electron chi connectivity index (χ3n) is 5.85. The fraction of sp³-hybridized carbons (Fsp3) is 0.519. The number of hydrogen-bond donors (Lipinski definition) is 1. The molecule has 0 radical (unpaired) electrons. The maximum absolute atomic E-state index is 14.4. The van der Waals surface area contributed by atoms with Crippen molar-refractivity contribution in [2.24, 2.45) is 0 Å². The highest BCUT2D eigenvalue weighted by Gasteiger charge is 2.20. The molecular formula is C27H38FNO4S. The Morgan fingerprint density at radius 1 is 1.12 bits per heavy atom. The second-order valence-electron chi connectivity index (χ2n) is 9.93. The highest BCUT2D eigenvalue weighted by molar-refractivity contribution is 7.92. The number of carbonyl (C=O) groups is 1. The van der Waals surface area contributed by atoms with Gasteiger partial charge in [0, 0.05) is 12.3 Å². The van der Waals surface area contributed by atoms with Crippen molar-refractivity contribution in [2.75, 3.05) is 17.6 Å². The third-order valence-corrected chi connectivity index (χ3v) is 6.44. The van der Waals surface area contributed by atoms with E-state index in [1.54, 1.807) is 13.0 Å². The van der Waals surface area contributed by atoms with E-state index < -0.39 is 21.8 Å². The third kappa shape index (κ3) is 8.42. The second-order valence-corrected chi connectivity index (χ2v) is 11.7. The number of benzene rings is 2. The molecule has 1 atom stereocenters. The van der Waals surface area contributed by atoms with E-state index in [1.165, 1.54) is 17.7 Å². The van der Waals surface area contributed by atoms with Crippen LogP contribution in [0.3, 0.4) is 0 Å². The van der Waals surface area contributed by atoms with Crippen molar-refractivity contribution in [1.29, 1.82) is 0 Å². The molecule has 2 aromatic carbocycles. The summed E-state index contributed by atoms with van der Waals surface area (Å²) in [5.74, 6) is -0.404. The molecule has 0 heterocycles. The fourth-order valence-corrected chi connectivity index (χ4v) is 4.20. The van der Waals surface area contributed by atoms with Crippen molar-refractivity contribution in [3.8, 4) is 5.75 Å². The summed E-state index contributed by atoms with van der Waals surface area (Å²) in [4.78, 5) is 12.9. The Labute approximate surface area is 204 Å². The number of sulfonamides is 1. The molecule has 2 aromatic rings. The zero-order chi connectivity index (χ0) is 25.5. The summed E-state index contributed by atoms with van der Waals surface area (Å²) in [7, 11) is -3.58. The predicted octanol–water partition coefficient (Wildman–Crippen LogP) is 6.37. The lowest BCUT2D eigenvalue weighted by Gasteiger charge is -2.22. The van der Waals surface area contributed by atoms with Gasteiger partial charge in [-0.15, -0.1) is 0 Å². The fourth-order valence-electron chi connectivity index (χ4n) is 3.64. The summed E-state index contributed by atoms with van der Waals surface area (Å²) in [5, 5.41) is 0. The molecule has 0 aliphatic carbocycles. The SMILES string of the molecule is CCCCCOc1cc(C(C)(C)C)ccc1CCC(=O)C(C)c1ccc(NS(C)(=O)=O)c(F)c1. The van der Waals surface area contributed by atoms with Crippen molar-refractivity contribution in [3.05, 3.63) is 58.9 Å².